The fourth-order valence-electron chi connectivity index (χ4n) is 4.55. The van der Waals surface area contributed by atoms with Gasteiger partial charge in [0.1, 0.15) is 25.0 Å². The summed E-state index contributed by atoms with van der Waals surface area (Å²) in [6.07, 6.45) is 4.01. The zero-order chi connectivity index (χ0) is 29.6. The van der Waals surface area contributed by atoms with Gasteiger partial charge in [0.15, 0.2) is 0 Å². The lowest BCUT2D eigenvalue weighted by molar-refractivity contribution is -0.123. The molecule has 0 bridgehead atoms. The second-order valence-electron chi connectivity index (χ2n) is 10.1. The number of H-pyrrole nitrogens is 1. The quantitative estimate of drug-likeness (QED) is 0.104. The molecular formula is C33H38N4O4S. The first-order valence-corrected chi connectivity index (χ1v) is 14.6. The number of alkyl carbamates (subject to hydrolysis) is 1. The molecule has 2 amide bonds. The number of thiocarbonyl (C=S) groups is 1. The maximum absolute atomic E-state index is 13.1. The Balaban J connectivity index is 1.30. The lowest BCUT2D eigenvalue weighted by Crippen LogP contribution is -2.47. The number of ether oxygens (including phenoxy) is 2. The van der Waals surface area contributed by atoms with Gasteiger partial charge in [-0.3, -0.25) is 4.79 Å². The third-order valence-corrected chi connectivity index (χ3v) is 6.94. The van der Waals surface area contributed by atoms with Gasteiger partial charge in [-0.25, -0.2) is 4.79 Å². The number of hydrogen-bond acceptors (Lipinski definition) is 5. The van der Waals surface area contributed by atoms with Crippen molar-refractivity contribution in [2.75, 3.05) is 13.1 Å². The van der Waals surface area contributed by atoms with Crippen LogP contribution >= 0.6 is 12.2 Å². The second-order valence-corrected chi connectivity index (χ2v) is 10.7. The Bertz CT molecular complexity index is 1440. The van der Waals surface area contributed by atoms with Crippen molar-refractivity contribution in [3.63, 3.8) is 0 Å². The Kier molecular flexibility index (Phi) is 11.8. The molecule has 1 aromatic heterocycles. The summed E-state index contributed by atoms with van der Waals surface area (Å²) < 4.78 is 11.4. The molecule has 1 atom stereocenters. The Labute approximate surface area is 252 Å². The molecule has 0 unspecified atom stereocenters. The zero-order valence-electron chi connectivity index (χ0n) is 23.9. The number of unbranched alkanes of at least 4 members (excludes halogenated alkanes) is 1. The van der Waals surface area contributed by atoms with E-state index in [0.29, 0.717) is 26.0 Å². The van der Waals surface area contributed by atoms with Crippen molar-refractivity contribution in [3.8, 4) is 5.75 Å². The molecule has 0 aliphatic heterocycles. The number of benzene rings is 3. The molecule has 0 radical (unpaired) electrons. The molecule has 0 aliphatic rings. The van der Waals surface area contributed by atoms with E-state index in [1.807, 2.05) is 92.0 Å². The minimum absolute atomic E-state index is 0.135. The van der Waals surface area contributed by atoms with Gasteiger partial charge in [-0.1, -0.05) is 72.9 Å². The van der Waals surface area contributed by atoms with Gasteiger partial charge in [0.25, 0.3) is 0 Å². The summed E-state index contributed by atoms with van der Waals surface area (Å²) in [6, 6.07) is 24.7. The molecular weight excluding hydrogens is 548 g/mol. The molecule has 1 heterocycles. The fraction of sp³-hybridized carbons (Fsp3) is 0.303. The van der Waals surface area contributed by atoms with Gasteiger partial charge in [0.05, 0.1) is 4.99 Å². The van der Waals surface area contributed by atoms with Crippen molar-refractivity contribution in [2.45, 2.75) is 51.9 Å². The first kappa shape index (κ1) is 30.6. The van der Waals surface area contributed by atoms with Crippen LogP contribution in [0.25, 0.3) is 10.9 Å². The van der Waals surface area contributed by atoms with E-state index >= 15 is 0 Å². The fourth-order valence-corrected chi connectivity index (χ4v) is 4.65. The highest BCUT2D eigenvalue weighted by Crippen LogP contribution is 2.24. The van der Waals surface area contributed by atoms with Crippen molar-refractivity contribution in [1.82, 2.24) is 20.9 Å². The lowest BCUT2D eigenvalue weighted by Gasteiger charge is -2.18. The first-order valence-electron chi connectivity index (χ1n) is 14.2. The van der Waals surface area contributed by atoms with E-state index in [0.717, 1.165) is 57.7 Å². The van der Waals surface area contributed by atoms with Crippen molar-refractivity contribution in [3.05, 3.63) is 102 Å². The zero-order valence-corrected chi connectivity index (χ0v) is 24.7. The number of aromatic nitrogens is 1. The number of carbonyl (C=O) groups is 2. The van der Waals surface area contributed by atoms with Crippen LogP contribution in [0.15, 0.2) is 85.1 Å². The van der Waals surface area contributed by atoms with Gasteiger partial charge < -0.3 is 30.4 Å². The largest absolute Gasteiger partial charge is 0.489 e. The van der Waals surface area contributed by atoms with Gasteiger partial charge in [-0.15, -0.1) is 0 Å². The normalized spacial score (nSPS) is 11.5. The van der Waals surface area contributed by atoms with Crippen LogP contribution in [0.4, 0.5) is 4.79 Å². The van der Waals surface area contributed by atoms with Crippen LogP contribution in [0.2, 0.25) is 0 Å². The molecule has 4 N–H and O–H groups in total. The number of carbonyl (C=O) groups excluding carboxylic acids is 2. The summed E-state index contributed by atoms with van der Waals surface area (Å²) in [5, 5.41) is 9.92. The predicted octanol–water partition coefficient (Wildman–Crippen LogP) is 5.81. The highest BCUT2D eigenvalue weighted by atomic mass is 32.1. The molecule has 0 aliphatic carbocycles. The smallest absolute Gasteiger partial charge is 0.408 e. The summed E-state index contributed by atoms with van der Waals surface area (Å²) in [4.78, 5) is 29.7. The Morgan fingerprint density at radius 3 is 2.31 bits per heavy atom. The van der Waals surface area contributed by atoms with Crippen LogP contribution < -0.4 is 20.7 Å². The molecule has 0 spiro atoms. The second kappa shape index (κ2) is 16.2. The molecule has 9 heteroatoms. The Morgan fingerprint density at radius 2 is 1.60 bits per heavy atom. The van der Waals surface area contributed by atoms with Crippen molar-refractivity contribution >= 4 is 40.1 Å². The van der Waals surface area contributed by atoms with Gasteiger partial charge in [0, 0.05) is 30.2 Å². The Morgan fingerprint density at radius 1 is 0.881 bits per heavy atom. The van der Waals surface area contributed by atoms with E-state index in [1.54, 1.807) is 0 Å². The summed E-state index contributed by atoms with van der Waals surface area (Å²) in [6.45, 7) is 3.60. The van der Waals surface area contributed by atoms with E-state index < -0.39 is 12.1 Å². The van der Waals surface area contributed by atoms with Gasteiger partial charge in [-0.2, -0.15) is 0 Å². The number of hydrogen-bond donors (Lipinski definition) is 4. The number of amides is 2. The summed E-state index contributed by atoms with van der Waals surface area (Å²) >= 11 is 5.06. The Hall–Kier alpha value is -4.37. The van der Waals surface area contributed by atoms with Crippen molar-refractivity contribution < 1.29 is 19.1 Å². The molecule has 3 aromatic carbocycles. The summed E-state index contributed by atoms with van der Waals surface area (Å²) in [7, 11) is 0. The van der Waals surface area contributed by atoms with E-state index in [2.05, 4.69) is 20.9 Å². The van der Waals surface area contributed by atoms with Crippen LogP contribution in [-0.4, -0.2) is 41.1 Å². The predicted molar refractivity (Wildman–Crippen MR) is 169 cm³/mol. The number of fused-ring (bicyclic) bond motifs is 1. The van der Waals surface area contributed by atoms with Crippen LogP contribution in [-0.2, 0) is 29.2 Å². The first-order chi connectivity index (χ1) is 20.5. The highest BCUT2D eigenvalue weighted by molar-refractivity contribution is 7.80. The molecule has 4 aromatic rings. The minimum atomic E-state index is -0.706. The third kappa shape index (κ3) is 9.92. The maximum atomic E-state index is 13.1. The SMILES string of the molecule is CC(=S)NCCCC[C@H](NC(=O)OCc1ccccc1)C(=O)NCCc1c[nH]c2ccc(OCc3ccccc3)cc12. The topological polar surface area (TPSA) is 104 Å². The van der Waals surface area contributed by atoms with Gasteiger partial charge in [0.2, 0.25) is 5.91 Å². The monoisotopic (exact) mass is 586 g/mol. The van der Waals surface area contributed by atoms with E-state index in [9.17, 15) is 9.59 Å². The van der Waals surface area contributed by atoms with E-state index in [-0.39, 0.29) is 12.5 Å². The van der Waals surface area contributed by atoms with Crippen LogP contribution in [0.1, 0.15) is 42.9 Å². The highest BCUT2D eigenvalue weighted by Gasteiger charge is 2.21. The lowest BCUT2D eigenvalue weighted by atomic mass is 10.1. The van der Waals surface area contributed by atoms with Crippen molar-refractivity contribution in [1.29, 1.82) is 0 Å². The number of nitrogens with one attached hydrogen (secondary N) is 4. The molecule has 220 valence electrons. The van der Waals surface area contributed by atoms with Crippen LogP contribution in [0, 0.1) is 0 Å². The molecule has 4 rings (SSSR count). The van der Waals surface area contributed by atoms with Crippen LogP contribution in [0.3, 0.4) is 0 Å². The number of rotatable bonds is 15. The average Bonchev–Trinajstić information content (AvgIpc) is 3.41. The molecule has 0 saturated heterocycles. The summed E-state index contributed by atoms with van der Waals surface area (Å²) in [5.74, 6) is 0.546. The average molecular weight is 587 g/mol. The van der Waals surface area contributed by atoms with Gasteiger partial charge in [-0.05, 0) is 67.5 Å². The maximum Gasteiger partial charge on any atom is 0.408 e. The molecule has 0 fully saturated rings. The van der Waals surface area contributed by atoms with Crippen LogP contribution in [0.5, 0.6) is 5.75 Å². The van der Waals surface area contributed by atoms with Gasteiger partial charge >= 0.3 is 6.09 Å². The van der Waals surface area contributed by atoms with E-state index in [4.69, 9.17) is 21.7 Å². The minimum Gasteiger partial charge on any atom is -0.489 e. The molecule has 8 nitrogen and oxygen atoms in total. The summed E-state index contributed by atoms with van der Waals surface area (Å²) in [5.41, 5.74) is 4.06. The molecule has 0 saturated carbocycles. The number of aromatic amines is 1. The standard InChI is InChI=1S/C33H38N4O4S/c1-24(42)34-18-9-8-14-31(37-33(39)41-23-26-12-6-3-7-13-26)32(38)35-19-17-27-21-36-30-16-15-28(20-29(27)30)40-22-25-10-4-2-5-11-25/h2-7,10-13,15-16,20-21,31,36H,8-9,14,17-19,22-23H2,1H3,(H,34,42)(H,35,38)(H,37,39)/t31-/m0/s1. The molecule has 42 heavy (non-hydrogen) atoms. The van der Waals surface area contributed by atoms with Crippen molar-refractivity contribution in [2.24, 2.45) is 0 Å². The third-order valence-electron chi connectivity index (χ3n) is 6.80. The van der Waals surface area contributed by atoms with E-state index in [1.165, 1.54) is 0 Å².